The molecule has 3 aromatic rings. The van der Waals surface area contributed by atoms with Crippen molar-refractivity contribution in [2.24, 2.45) is 5.92 Å². The number of hydrogen-bond donors (Lipinski definition) is 3. The van der Waals surface area contributed by atoms with E-state index in [4.69, 9.17) is 4.74 Å². The minimum Gasteiger partial charge on any atom is -0.489 e. The van der Waals surface area contributed by atoms with Crippen LogP contribution in [0.25, 0.3) is 10.9 Å². The van der Waals surface area contributed by atoms with Gasteiger partial charge in [-0.25, -0.2) is 0 Å². The first-order valence-electron chi connectivity index (χ1n) is 10.0. The number of carboxylic acid groups (broad SMARTS) is 2. The molecule has 3 N–H and O–H groups in total. The van der Waals surface area contributed by atoms with Crippen molar-refractivity contribution >= 4 is 22.8 Å². The predicted octanol–water partition coefficient (Wildman–Crippen LogP) is 3.67. The van der Waals surface area contributed by atoms with Crippen molar-refractivity contribution in [1.29, 1.82) is 0 Å². The van der Waals surface area contributed by atoms with Crippen LogP contribution >= 0.6 is 0 Å². The van der Waals surface area contributed by atoms with Crippen molar-refractivity contribution in [2.45, 2.75) is 25.5 Å². The van der Waals surface area contributed by atoms with E-state index in [0.29, 0.717) is 43.9 Å². The first kappa shape index (κ1) is 20.0. The molecule has 0 amide bonds. The van der Waals surface area contributed by atoms with Crippen LogP contribution in [-0.2, 0) is 16.2 Å². The Morgan fingerprint density at radius 2 is 1.83 bits per heavy atom. The summed E-state index contributed by atoms with van der Waals surface area (Å²) >= 11 is 0. The summed E-state index contributed by atoms with van der Waals surface area (Å²) in [5.74, 6) is -1.49. The van der Waals surface area contributed by atoms with E-state index in [1.807, 2.05) is 53.4 Å². The fourth-order valence-electron chi connectivity index (χ4n) is 4.07. The predicted molar refractivity (Wildman–Crippen MR) is 111 cm³/mol. The molecule has 4 rings (SSSR count). The standard InChI is InChI=1S/C23H24N2O5/c26-22(27)16-8-10-25(11-9-16)21(23(28)29)19-13-24-20-7-6-17(12-18(19)20)30-14-15-4-2-1-3-5-15/h1-7,12-13,16,21,24H,8-11,14H2,(H,26,27)(H,28,29). The lowest BCUT2D eigenvalue weighted by Crippen LogP contribution is -2.41. The lowest BCUT2D eigenvalue weighted by molar-refractivity contribution is -0.146. The van der Waals surface area contributed by atoms with E-state index in [1.54, 1.807) is 6.20 Å². The van der Waals surface area contributed by atoms with Crippen LogP contribution in [0.5, 0.6) is 5.75 Å². The van der Waals surface area contributed by atoms with Gasteiger partial charge in [0.1, 0.15) is 18.4 Å². The van der Waals surface area contributed by atoms with Gasteiger partial charge in [-0.05, 0) is 36.6 Å². The number of fused-ring (bicyclic) bond motifs is 1. The molecule has 30 heavy (non-hydrogen) atoms. The zero-order valence-electron chi connectivity index (χ0n) is 16.5. The molecule has 7 nitrogen and oxygen atoms in total. The second kappa shape index (κ2) is 8.59. The van der Waals surface area contributed by atoms with Crippen LogP contribution in [0.1, 0.15) is 30.0 Å². The van der Waals surface area contributed by atoms with Gasteiger partial charge in [0.2, 0.25) is 0 Å². The molecule has 0 bridgehead atoms. The molecule has 1 saturated heterocycles. The number of ether oxygens (including phenoxy) is 1. The lowest BCUT2D eigenvalue weighted by atomic mass is 9.94. The molecule has 1 aliphatic rings. The third-order valence-corrected chi connectivity index (χ3v) is 5.71. The number of nitrogens with zero attached hydrogens (tertiary/aromatic N) is 1. The molecule has 0 spiro atoms. The van der Waals surface area contributed by atoms with Crippen LogP contribution in [0, 0.1) is 5.92 Å². The highest BCUT2D eigenvalue weighted by molar-refractivity contribution is 5.90. The maximum atomic E-state index is 12.1. The average molecular weight is 408 g/mol. The molecular formula is C23H24N2O5. The van der Waals surface area contributed by atoms with Crippen molar-refractivity contribution in [3.05, 3.63) is 65.9 Å². The minimum atomic E-state index is -0.944. The number of piperidine rings is 1. The largest absolute Gasteiger partial charge is 0.489 e. The van der Waals surface area contributed by atoms with Gasteiger partial charge < -0.3 is 19.9 Å². The monoisotopic (exact) mass is 408 g/mol. The van der Waals surface area contributed by atoms with E-state index in [0.717, 1.165) is 16.5 Å². The van der Waals surface area contributed by atoms with Gasteiger partial charge in [0.25, 0.3) is 0 Å². The number of benzene rings is 2. The van der Waals surface area contributed by atoms with E-state index in [9.17, 15) is 19.8 Å². The van der Waals surface area contributed by atoms with E-state index in [1.165, 1.54) is 0 Å². The second-order valence-electron chi connectivity index (χ2n) is 7.61. The van der Waals surface area contributed by atoms with Crippen LogP contribution in [0.4, 0.5) is 0 Å². The van der Waals surface area contributed by atoms with E-state index >= 15 is 0 Å². The van der Waals surface area contributed by atoms with Crippen LogP contribution in [-0.4, -0.2) is 45.1 Å². The molecule has 1 atom stereocenters. The van der Waals surface area contributed by atoms with Crippen molar-refractivity contribution in [3.8, 4) is 5.75 Å². The van der Waals surface area contributed by atoms with Crippen molar-refractivity contribution in [1.82, 2.24) is 9.88 Å². The average Bonchev–Trinajstić information content (AvgIpc) is 3.16. The number of likely N-dealkylation sites (tertiary alicyclic amines) is 1. The summed E-state index contributed by atoms with van der Waals surface area (Å²) in [6.07, 6.45) is 2.63. The topological polar surface area (TPSA) is 103 Å². The van der Waals surface area contributed by atoms with Crippen LogP contribution in [0.15, 0.2) is 54.7 Å². The molecule has 2 heterocycles. The normalized spacial score (nSPS) is 16.4. The summed E-state index contributed by atoms with van der Waals surface area (Å²) in [6, 6.07) is 14.6. The number of carboxylic acids is 2. The third-order valence-electron chi connectivity index (χ3n) is 5.71. The summed E-state index contributed by atoms with van der Waals surface area (Å²) in [4.78, 5) is 28.4. The van der Waals surface area contributed by atoms with E-state index in [-0.39, 0.29) is 0 Å². The van der Waals surface area contributed by atoms with Gasteiger partial charge >= 0.3 is 11.9 Å². The summed E-state index contributed by atoms with van der Waals surface area (Å²) in [7, 11) is 0. The van der Waals surface area contributed by atoms with Crippen LogP contribution in [0.2, 0.25) is 0 Å². The van der Waals surface area contributed by atoms with Crippen molar-refractivity contribution < 1.29 is 24.5 Å². The van der Waals surface area contributed by atoms with Gasteiger partial charge in [0.05, 0.1) is 5.92 Å². The SMILES string of the molecule is O=C(O)C1CCN(C(C(=O)O)c2c[nH]c3ccc(OCc4ccccc4)cc23)CC1. The molecule has 0 radical (unpaired) electrons. The fourth-order valence-corrected chi connectivity index (χ4v) is 4.07. The van der Waals surface area contributed by atoms with Gasteiger partial charge in [0.15, 0.2) is 0 Å². The number of aromatic amines is 1. The van der Waals surface area contributed by atoms with E-state index < -0.39 is 23.9 Å². The zero-order chi connectivity index (χ0) is 21.1. The molecule has 7 heteroatoms. The summed E-state index contributed by atoms with van der Waals surface area (Å²) in [5.41, 5.74) is 2.55. The fraction of sp³-hybridized carbons (Fsp3) is 0.304. The molecular weight excluding hydrogens is 384 g/mol. The van der Waals surface area contributed by atoms with Crippen LogP contribution < -0.4 is 4.74 Å². The Bertz CT molecular complexity index is 1040. The Morgan fingerprint density at radius 1 is 1.10 bits per heavy atom. The van der Waals surface area contributed by atoms with Gasteiger partial charge in [-0.3, -0.25) is 14.5 Å². The highest BCUT2D eigenvalue weighted by Crippen LogP contribution is 2.33. The number of aliphatic carboxylic acids is 2. The van der Waals surface area contributed by atoms with Gasteiger partial charge in [-0.15, -0.1) is 0 Å². The first-order chi connectivity index (χ1) is 14.5. The second-order valence-corrected chi connectivity index (χ2v) is 7.61. The van der Waals surface area contributed by atoms with Crippen molar-refractivity contribution in [3.63, 3.8) is 0 Å². The van der Waals surface area contributed by atoms with Crippen LogP contribution in [0.3, 0.4) is 0 Å². The van der Waals surface area contributed by atoms with E-state index in [2.05, 4.69) is 4.98 Å². The molecule has 2 aromatic carbocycles. The Balaban J connectivity index is 1.57. The molecule has 1 aromatic heterocycles. The number of hydrogen-bond acceptors (Lipinski definition) is 4. The Hall–Kier alpha value is -3.32. The Morgan fingerprint density at radius 3 is 2.50 bits per heavy atom. The first-order valence-corrected chi connectivity index (χ1v) is 10.0. The summed E-state index contributed by atoms with van der Waals surface area (Å²) < 4.78 is 5.91. The summed E-state index contributed by atoms with van der Waals surface area (Å²) in [5, 5.41) is 20.0. The smallest absolute Gasteiger partial charge is 0.325 e. The Labute approximate surface area is 173 Å². The van der Waals surface area contributed by atoms with Gasteiger partial charge in [-0.1, -0.05) is 30.3 Å². The highest BCUT2D eigenvalue weighted by Gasteiger charge is 2.34. The summed E-state index contributed by atoms with van der Waals surface area (Å²) in [6.45, 7) is 1.30. The zero-order valence-corrected chi connectivity index (χ0v) is 16.5. The lowest BCUT2D eigenvalue weighted by Gasteiger charge is -2.34. The molecule has 156 valence electrons. The molecule has 0 saturated carbocycles. The van der Waals surface area contributed by atoms with Gasteiger partial charge in [0, 0.05) is 35.8 Å². The number of aromatic nitrogens is 1. The Kier molecular flexibility index (Phi) is 5.72. The maximum Gasteiger partial charge on any atom is 0.325 e. The van der Waals surface area contributed by atoms with Gasteiger partial charge in [-0.2, -0.15) is 0 Å². The quantitative estimate of drug-likeness (QED) is 0.551. The minimum absolute atomic E-state index is 0.406. The third kappa shape index (κ3) is 4.16. The molecule has 1 fully saturated rings. The number of carbonyl (C=O) groups is 2. The number of rotatable bonds is 7. The molecule has 1 unspecified atom stereocenters. The molecule has 1 aliphatic heterocycles. The highest BCUT2D eigenvalue weighted by atomic mass is 16.5. The maximum absolute atomic E-state index is 12.1. The van der Waals surface area contributed by atoms with Crippen molar-refractivity contribution in [2.75, 3.05) is 13.1 Å². The number of H-pyrrole nitrogens is 1. The number of nitrogens with one attached hydrogen (secondary N) is 1. The molecule has 0 aliphatic carbocycles.